The topological polar surface area (TPSA) is 58.1 Å². The van der Waals surface area contributed by atoms with Crippen molar-refractivity contribution >= 4 is 5.96 Å². The van der Waals surface area contributed by atoms with Crippen LogP contribution < -0.4 is 20.1 Å². The number of nitrogens with one attached hydrogen (secondary N) is 2. The van der Waals surface area contributed by atoms with Crippen molar-refractivity contribution in [3.63, 3.8) is 0 Å². The fraction of sp³-hybridized carbons (Fsp3) is 0.381. The van der Waals surface area contributed by atoms with Gasteiger partial charge in [-0.1, -0.05) is 30.3 Å². The Morgan fingerprint density at radius 2 is 1.81 bits per heavy atom. The number of benzene rings is 2. The van der Waals surface area contributed by atoms with E-state index in [9.17, 15) is 0 Å². The lowest BCUT2D eigenvalue weighted by Crippen LogP contribution is -2.36. The first-order chi connectivity index (χ1) is 13.1. The van der Waals surface area contributed by atoms with Crippen molar-refractivity contribution in [1.29, 1.82) is 0 Å². The maximum absolute atomic E-state index is 5.91. The molecule has 2 N–H and O–H groups in total. The molecule has 146 valence electrons. The molecule has 0 fully saturated rings. The fourth-order valence-corrected chi connectivity index (χ4v) is 2.50. The number of hydrogen-bond donors (Lipinski definition) is 2. The molecule has 6 heteroatoms. The standard InChI is InChI=1S/C21H30N4O2/c1-22-21(23-15-17-8-7-10-19(14-17)26-4)24-16-18-9-5-6-11-20(18)27-13-12-25(2)3/h5-11,14H,12-13,15-16H2,1-4H3,(H2,22,23,24). The zero-order chi connectivity index (χ0) is 19.5. The average molecular weight is 370 g/mol. The van der Waals surface area contributed by atoms with Crippen molar-refractivity contribution in [3.05, 3.63) is 59.7 Å². The van der Waals surface area contributed by atoms with Crippen LogP contribution in [0.3, 0.4) is 0 Å². The van der Waals surface area contributed by atoms with Crippen LogP contribution in [0.15, 0.2) is 53.5 Å². The monoisotopic (exact) mass is 370 g/mol. The molecule has 2 aromatic rings. The van der Waals surface area contributed by atoms with Crippen molar-refractivity contribution in [2.75, 3.05) is 41.4 Å². The van der Waals surface area contributed by atoms with E-state index < -0.39 is 0 Å². The summed E-state index contributed by atoms with van der Waals surface area (Å²) in [4.78, 5) is 6.39. The Bertz CT molecular complexity index is 732. The zero-order valence-electron chi connectivity index (χ0n) is 16.7. The second kappa shape index (κ2) is 11.1. The number of ether oxygens (including phenoxy) is 2. The number of guanidine groups is 1. The van der Waals surface area contributed by atoms with E-state index in [1.165, 1.54) is 0 Å². The Labute approximate surface area is 162 Å². The van der Waals surface area contributed by atoms with Gasteiger partial charge in [0.1, 0.15) is 18.1 Å². The van der Waals surface area contributed by atoms with Crippen LogP contribution in [0, 0.1) is 0 Å². The highest BCUT2D eigenvalue weighted by Crippen LogP contribution is 2.17. The molecule has 0 amide bonds. The SMILES string of the molecule is CN=C(NCc1cccc(OC)c1)NCc1ccccc1OCCN(C)C. The van der Waals surface area contributed by atoms with Crippen LogP contribution in [0.25, 0.3) is 0 Å². The average Bonchev–Trinajstić information content (AvgIpc) is 2.69. The summed E-state index contributed by atoms with van der Waals surface area (Å²) < 4.78 is 11.2. The van der Waals surface area contributed by atoms with Crippen LogP contribution in [0.2, 0.25) is 0 Å². The largest absolute Gasteiger partial charge is 0.497 e. The van der Waals surface area contributed by atoms with Crippen LogP contribution in [0.5, 0.6) is 11.5 Å². The third kappa shape index (κ3) is 7.19. The van der Waals surface area contributed by atoms with Gasteiger partial charge >= 0.3 is 0 Å². The second-order valence-corrected chi connectivity index (χ2v) is 6.39. The van der Waals surface area contributed by atoms with Gasteiger partial charge in [0.05, 0.1) is 7.11 Å². The molecule has 0 saturated heterocycles. The number of para-hydroxylation sites is 1. The Balaban J connectivity index is 1.88. The lowest BCUT2D eigenvalue weighted by molar-refractivity contribution is 0.259. The van der Waals surface area contributed by atoms with Gasteiger partial charge in [-0.3, -0.25) is 4.99 Å². The molecule has 0 bridgehead atoms. The highest BCUT2D eigenvalue weighted by Gasteiger charge is 2.05. The maximum atomic E-state index is 5.91. The lowest BCUT2D eigenvalue weighted by Gasteiger charge is -2.16. The molecule has 0 aromatic heterocycles. The molecule has 0 unspecified atom stereocenters. The Morgan fingerprint density at radius 1 is 1.04 bits per heavy atom. The summed E-state index contributed by atoms with van der Waals surface area (Å²) in [5.74, 6) is 2.48. The van der Waals surface area contributed by atoms with E-state index in [1.807, 2.05) is 50.5 Å². The first kappa shape index (κ1) is 20.6. The van der Waals surface area contributed by atoms with Crippen molar-refractivity contribution in [3.8, 4) is 11.5 Å². The number of rotatable bonds is 9. The van der Waals surface area contributed by atoms with Crippen LogP contribution in [0.1, 0.15) is 11.1 Å². The van der Waals surface area contributed by atoms with E-state index in [4.69, 9.17) is 9.47 Å². The second-order valence-electron chi connectivity index (χ2n) is 6.39. The number of aliphatic imine (C=N–C) groups is 1. The van der Waals surface area contributed by atoms with E-state index >= 15 is 0 Å². The Hall–Kier alpha value is -2.73. The molecular weight excluding hydrogens is 340 g/mol. The minimum absolute atomic E-state index is 0.635. The quantitative estimate of drug-likeness (QED) is 0.525. The summed E-state index contributed by atoms with van der Waals surface area (Å²) in [6.45, 7) is 2.84. The van der Waals surface area contributed by atoms with Gasteiger partial charge in [0, 0.05) is 32.2 Å². The Kier molecular flexibility index (Phi) is 8.45. The molecule has 0 aliphatic carbocycles. The lowest BCUT2D eigenvalue weighted by atomic mass is 10.2. The zero-order valence-corrected chi connectivity index (χ0v) is 16.7. The van der Waals surface area contributed by atoms with Crippen LogP contribution in [-0.4, -0.2) is 52.3 Å². The number of likely N-dealkylation sites (N-methyl/N-ethyl adjacent to an activating group) is 1. The third-order valence-corrected chi connectivity index (χ3v) is 4.03. The number of methoxy groups -OCH3 is 1. The third-order valence-electron chi connectivity index (χ3n) is 4.03. The highest BCUT2D eigenvalue weighted by molar-refractivity contribution is 5.79. The molecule has 0 aliphatic rings. The van der Waals surface area contributed by atoms with Crippen molar-refractivity contribution in [1.82, 2.24) is 15.5 Å². The normalized spacial score (nSPS) is 11.4. The summed E-state index contributed by atoms with van der Waals surface area (Å²) in [6, 6.07) is 16.0. The summed E-state index contributed by atoms with van der Waals surface area (Å²) in [5.41, 5.74) is 2.23. The maximum Gasteiger partial charge on any atom is 0.191 e. The molecule has 2 aromatic carbocycles. The first-order valence-corrected chi connectivity index (χ1v) is 9.05. The van der Waals surface area contributed by atoms with Crippen molar-refractivity contribution in [2.45, 2.75) is 13.1 Å². The van der Waals surface area contributed by atoms with Crippen molar-refractivity contribution < 1.29 is 9.47 Å². The van der Waals surface area contributed by atoms with Crippen LogP contribution >= 0.6 is 0 Å². The molecule has 27 heavy (non-hydrogen) atoms. The first-order valence-electron chi connectivity index (χ1n) is 9.05. The Morgan fingerprint density at radius 3 is 2.56 bits per heavy atom. The van der Waals surface area contributed by atoms with Gasteiger partial charge in [-0.2, -0.15) is 0 Å². The van der Waals surface area contributed by atoms with Gasteiger partial charge in [-0.15, -0.1) is 0 Å². The molecule has 0 spiro atoms. The van der Waals surface area contributed by atoms with Gasteiger partial charge < -0.3 is 25.0 Å². The molecule has 0 aliphatic heterocycles. The van der Waals surface area contributed by atoms with Crippen LogP contribution in [0.4, 0.5) is 0 Å². The molecule has 6 nitrogen and oxygen atoms in total. The molecule has 0 saturated carbocycles. The van der Waals surface area contributed by atoms with Crippen LogP contribution in [-0.2, 0) is 13.1 Å². The summed E-state index contributed by atoms with van der Waals surface area (Å²) in [5, 5.41) is 6.66. The van der Waals surface area contributed by atoms with Gasteiger partial charge in [0.25, 0.3) is 0 Å². The predicted octanol–water partition coefficient (Wildman–Crippen LogP) is 2.50. The predicted molar refractivity (Wildman–Crippen MR) is 111 cm³/mol. The number of hydrogen-bond acceptors (Lipinski definition) is 4. The molecule has 0 heterocycles. The van der Waals surface area contributed by atoms with Crippen molar-refractivity contribution in [2.24, 2.45) is 4.99 Å². The summed E-state index contributed by atoms with van der Waals surface area (Å²) >= 11 is 0. The molecule has 0 radical (unpaired) electrons. The molecule has 0 atom stereocenters. The van der Waals surface area contributed by atoms with E-state index in [-0.39, 0.29) is 0 Å². The van der Waals surface area contributed by atoms with Gasteiger partial charge in [-0.05, 0) is 37.9 Å². The van der Waals surface area contributed by atoms with Gasteiger partial charge in [0.2, 0.25) is 0 Å². The summed E-state index contributed by atoms with van der Waals surface area (Å²) in [6.07, 6.45) is 0. The molecule has 2 rings (SSSR count). The van der Waals surface area contributed by atoms with Gasteiger partial charge in [0.15, 0.2) is 5.96 Å². The fourth-order valence-electron chi connectivity index (χ4n) is 2.50. The van der Waals surface area contributed by atoms with E-state index in [1.54, 1.807) is 14.2 Å². The van der Waals surface area contributed by atoms with E-state index in [0.717, 1.165) is 35.1 Å². The van der Waals surface area contributed by atoms with E-state index in [0.29, 0.717) is 19.7 Å². The minimum atomic E-state index is 0.635. The minimum Gasteiger partial charge on any atom is -0.497 e. The number of nitrogens with zero attached hydrogens (tertiary/aromatic N) is 2. The van der Waals surface area contributed by atoms with E-state index in [2.05, 4.69) is 32.7 Å². The van der Waals surface area contributed by atoms with Gasteiger partial charge in [-0.25, -0.2) is 0 Å². The highest BCUT2D eigenvalue weighted by atomic mass is 16.5. The summed E-state index contributed by atoms with van der Waals surface area (Å²) in [7, 11) is 7.51. The molecular formula is C21H30N4O2. The smallest absolute Gasteiger partial charge is 0.191 e.